The first-order chi connectivity index (χ1) is 12.3. The summed E-state index contributed by atoms with van der Waals surface area (Å²) in [6.45, 7) is 3.04. The van der Waals surface area contributed by atoms with Gasteiger partial charge >= 0.3 is 0 Å². The van der Waals surface area contributed by atoms with E-state index in [-0.39, 0.29) is 5.92 Å². The Morgan fingerprint density at radius 1 is 1.23 bits per heavy atom. The zero-order valence-electron chi connectivity index (χ0n) is 15.8. The molecule has 0 aliphatic carbocycles. The lowest BCUT2D eigenvalue weighted by Crippen LogP contribution is -2.45. The lowest BCUT2D eigenvalue weighted by Gasteiger charge is -2.33. The summed E-state index contributed by atoms with van der Waals surface area (Å²) in [4.78, 5) is 13.4. The minimum absolute atomic E-state index is 0.225. The Morgan fingerprint density at radius 3 is 2.62 bits per heavy atom. The van der Waals surface area contributed by atoms with Crippen molar-refractivity contribution in [1.82, 2.24) is 28.1 Å². The van der Waals surface area contributed by atoms with Gasteiger partial charge in [0, 0.05) is 46.6 Å². The molecule has 0 spiro atoms. The summed E-state index contributed by atoms with van der Waals surface area (Å²) in [7, 11) is 1.73. The van der Waals surface area contributed by atoms with E-state index in [2.05, 4.69) is 15.0 Å². The third-order valence-corrected chi connectivity index (χ3v) is 6.90. The molecule has 0 amide bonds. The second kappa shape index (κ2) is 7.42. The summed E-state index contributed by atoms with van der Waals surface area (Å²) in [5, 5.41) is 0. The van der Waals surface area contributed by atoms with Gasteiger partial charge in [-0.2, -0.15) is 17.0 Å². The number of nitrogens with zero attached hydrogens (tertiary/aromatic N) is 6. The van der Waals surface area contributed by atoms with Gasteiger partial charge in [0.1, 0.15) is 11.5 Å². The molecule has 3 rings (SSSR count). The number of aromatic nitrogens is 4. The van der Waals surface area contributed by atoms with Gasteiger partial charge in [-0.15, -0.1) is 0 Å². The topological polar surface area (TPSA) is 84.2 Å². The van der Waals surface area contributed by atoms with Crippen molar-refractivity contribution in [2.75, 3.05) is 27.2 Å². The quantitative estimate of drug-likeness (QED) is 0.782. The molecule has 142 valence electrons. The lowest BCUT2D eigenvalue weighted by atomic mass is 9.93. The van der Waals surface area contributed by atoms with Crippen LogP contribution in [-0.2, 0) is 23.7 Å². The van der Waals surface area contributed by atoms with E-state index in [4.69, 9.17) is 0 Å². The molecule has 1 saturated heterocycles. The van der Waals surface area contributed by atoms with Crippen molar-refractivity contribution in [2.45, 2.75) is 26.2 Å². The Hall–Kier alpha value is -1.84. The predicted molar refractivity (Wildman–Crippen MR) is 99.6 cm³/mol. The third-order valence-electron chi connectivity index (χ3n) is 4.99. The van der Waals surface area contributed by atoms with Gasteiger partial charge in [-0.25, -0.2) is 4.98 Å². The van der Waals surface area contributed by atoms with Crippen LogP contribution in [0, 0.1) is 12.8 Å². The molecule has 26 heavy (non-hydrogen) atoms. The zero-order valence-corrected chi connectivity index (χ0v) is 16.6. The van der Waals surface area contributed by atoms with E-state index >= 15 is 0 Å². The molecule has 1 aliphatic rings. The maximum atomic E-state index is 12.4. The fourth-order valence-corrected chi connectivity index (χ4v) is 4.58. The van der Waals surface area contributed by atoms with Crippen LogP contribution in [0.1, 0.15) is 24.4 Å². The molecule has 1 unspecified atom stereocenters. The highest BCUT2D eigenvalue weighted by molar-refractivity contribution is 7.86. The van der Waals surface area contributed by atoms with Crippen molar-refractivity contribution in [3.63, 3.8) is 0 Å². The second-order valence-electron chi connectivity index (χ2n) is 6.96. The largest absolute Gasteiger partial charge is 0.330 e. The molecule has 2 aromatic rings. The number of hydrogen-bond donors (Lipinski definition) is 0. The van der Waals surface area contributed by atoms with E-state index in [0.29, 0.717) is 19.5 Å². The Morgan fingerprint density at radius 2 is 1.96 bits per heavy atom. The van der Waals surface area contributed by atoms with Crippen molar-refractivity contribution in [1.29, 1.82) is 0 Å². The first-order valence-electron chi connectivity index (χ1n) is 8.77. The number of imidazole rings is 1. The average molecular weight is 379 g/mol. The van der Waals surface area contributed by atoms with Gasteiger partial charge in [-0.05, 0) is 32.1 Å². The van der Waals surface area contributed by atoms with Crippen molar-refractivity contribution >= 4 is 10.2 Å². The van der Waals surface area contributed by atoms with Gasteiger partial charge in [0.2, 0.25) is 0 Å². The van der Waals surface area contributed by atoms with Crippen molar-refractivity contribution in [3.05, 3.63) is 30.1 Å². The normalized spacial score (nSPS) is 19.2. The highest BCUT2D eigenvalue weighted by Gasteiger charge is 2.31. The fraction of sp³-hybridized carbons (Fsp3) is 0.588. The number of piperidine rings is 1. The first kappa shape index (κ1) is 18.9. The zero-order chi connectivity index (χ0) is 18.9. The van der Waals surface area contributed by atoms with Crippen LogP contribution in [0.3, 0.4) is 0 Å². The molecular weight excluding hydrogens is 352 g/mol. The minimum atomic E-state index is -3.37. The van der Waals surface area contributed by atoms with Crippen molar-refractivity contribution < 1.29 is 8.42 Å². The van der Waals surface area contributed by atoms with E-state index in [1.54, 1.807) is 30.8 Å². The average Bonchev–Trinajstić information content (AvgIpc) is 2.95. The number of rotatable bonds is 5. The lowest BCUT2D eigenvalue weighted by molar-refractivity contribution is 0.253. The Bertz CT molecular complexity index is 877. The standard InChI is InChI=1S/C17H26N6O2S/c1-13-20-11-16(22(13)4)17-15(18-7-8-19-17)10-14-6-5-9-23(12-14)26(24,25)21(2)3/h7-8,11,14H,5-6,9-10,12H2,1-4H3. The molecule has 3 heterocycles. The molecule has 1 fully saturated rings. The van der Waals surface area contributed by atoms with E-state index in [1.165, 1.54) is 4.31 Å². The van der Waals surface area contributed by atoms with Crippen LogP contribution in [0.2, 0.25) is 0 Å². The molecule has 0 saturated carbocycles. The number of aryl methyl sites for hydroxylation is 1. The second-order valence-corrected chi connectivity index (χ2v) is 9.10. The van der Waals surface area contributed by atoms with Crippen LogP contribution in [0.25, 0.3) is 11.4 Å². The SMILES string of the molecule is Cc1ncc(-c2nccnc2CC2CCCN(S(=O)(=O)N(C)C)C2)n1C. The molecule has 1 aliphatic heterocycles. The molecular formula is C17H26N6O2S. The summed E-state index contributed by atoms with van der Waals surface area (Å²) in [6.07, 6.45) is 7.74. The van der Waals surface area contributed by atoms with Crippen LogP contribution in [0.4, 0.5) is 0 Å². The summed E-state index contributed by atoms with van der Waals surface area (Å²) in [5.74, 6) is 1.14. The van der Waals surface area contributed by atoms with Gasteiger partial charge in [0.25, 0.3) is 10.2 Å². The number of hydrogen-bond acceptors (Lipinski definition) is 5. The maximum Gasteiger partial charge on any atom is 0.281 e. The maximum absolute atomic E-state index is 12.4. The molecule has 0 bridgehead atoms. The van der Waals surface area contributed by atoms with Crippen LogP contribution >= 0.6 is 0 Å². The Balaban J connectivity index is 1.83. The van der Waals surface area contributed by atoms with Crippen molar-refractivity contribution in [2.24, 2.45) is 13.0 Å². The Kier molecular flexibility index (Phi) is 5.40. The van der Waals surface area contributed by atoms with Crippen LogP contribution in [0.15, 0.2) is 18.6 Å². The molecule has 1 atom stereocenters. The van der Waals surface area contributed by atoms with E-state index in [1.807, 2.05) is 24.7 Å². The van der Waals surface area contributed by atoms with E-state index in [9.17, 15) is 8.42 Å². The van der Waals surface area contributed by atoms with Gasteiger partial charge < -0.3 is 4.57 Å². The fourth-order valence-electron chi connectivity index (χ4n) is 3.36. The Labute approximate surface area is 155 Å². The van der Waals surface area contributed by atoms with Gasteiger partial charge in [-0.1, -0.05) is 0 Å². The highest BCUT2D eigenvalue weighted by atomic mass is 32.2. The summed E-state index contributed by atoms with van der Waals surface area (Å²) in [5.41, 5.74) is 2.65. The van der Waals surface area contributed by atoms with Crippen LogP contribution in [0.5, 0.6) is 0 Å². The minimum Gasteiger partial charge on any atom is -0.330 e. The summed E-state index contributed by atoms with van der Waals surface area (Å²) < 4.78 is 29.7. The molecule has 8 nitrogen and oxygen atoms in total. The highest BCUT2D eigenvalue weighted by Crippen LogP contribution is 2.27. The van der Waals surface area contributed by atoms with E-state index in [0.717, 1.165) is 35.7 Å². The molecule has 2 aromatic heterocycles. The van der Waals surface area contributed by atoms with Gasteiger partial charge in [-0.3, -0.25) is 9.97 Å². The first-order valence-corrected chi connectivity index (χ1v) is 10.2. The third kappa shape index (κ3) is 3.65. The monoisotopic (exact) mass is 378 g/mol. The van der Waals surface area contributed by atoms with E-state index < -0.39 is 10.2 Å². The predicted octanol–water partition coefficient (Wildman–Crippen LogP) is 1.25. The molecule has 0 aromatic carbocycles. The molecule has 0 radical (unpaired) electrons. The summed E-state index contributed by atoms with van der Waals surface area (Å²) in [6, 6.07) is 0. The van der Waals surface area contributed by atoms with Gasteiger partial charge in [0.05, 0.1) is 17.6 Å². The van der Waals surface area contributed by atoms with Crippen molar-refractivity contribution in [3.8, 4) is 11.4 Å². The van der Waals surface area contributed by atoms with Gasteiger partial charge in [0.15, 0.2) is 0 Å². The molecule has 0 N–H and O–H groups in total. The molecule has 9 heteroatoms. The smallest absolute Gasteiger partial charge is 0.281 e. The summed E-state index contributed by atoms with van der Waals surface area (Å²) >= 11 is 0. The van der Waals surface area contributed by atoms with Crippen LogP contribution in [-0.4, -0.2) is 63.7 Å². The van der Waals surface area contributed by atoms with Crippen LogP contribution < -0.4 is 0 Å².